The highest BCUT2D eigenvalue weighted by Gasteiger charge is 2.27. The minimum absolute atomic E-state index is 0.00529. The molecular weight excluding hydrogens is 356 g/mol. The minimum Gasteiger partial charge on any atom is -0.356 e. The smallest absolute Gasteiger partial charge is 0.238 e. The number of carbonyl (C=O) groups is 1. The van der Waals surface area contributed by atoms with Crippen LogP contribution < -0.4 is 5.32 Å². The van der Waals surface area contributed by atoms with Crippen molar-refractivity contribution < 1.29 is 4.79 Å². The van der Waals surface area contributed by atoms with Gasteiger partial charge >= 0.3 is 0 Å². The molecule has 1 aromatic carbocycles. The van der Waals surface area contributed by atoms with Crippen LogP contribution in [0.4, 0.5) is 5.69 Å². The van der Waals surface area contributed by atoms with E-state index in [1.165, 1.54) is 0 Å². The van der Waals surface area contributed by atoms with Gasteiger partial charge in [-0.1, -0.05) is 18.1 Å². The Morgan fingerprint density at radius 3 is 3.11 bits per heavy atom. The van der Waals surface area contributed by atoms with E-state index in [4.69, 9.17) is 6.42 Å². The Morgan fingerprint density at radius 1 is 1.37 bits per heavy atom. The number of thioether (sulfide) groups is 1. The molecule has 0 spiro atoms. The van der Waals surface area contributed by atoms with Crippen molar-refractivity contribution in [2.75, 3.05) is 24.2 Å². The standard InChI is InChI=1S/C21H20N4OS/c1-2-15-6-3-4-7-17(15)24-21(26)20-14-25(10-11-27-20)13-16-12-19-18(23-16)8-5-9-22-19/h1,3-9,12,20,23H,10-11,13-14H2,(H,24,26). The Bertz CT molecular complexity index is 974. The van der Waals surface area contributed by atoms with Gasteiger partial charge in [-0.25, -0.2) is 0 Å². The number of anilines is 1. The van der Waals surface area contributed by atoms with Crippen LogP contribution in [0.5, 0.6) is 0 Å². The average molecular weight is 376 g/mol. The predicted molar refractivity (Wildman–Crippen MR) is 111 cm³/mol. The third-order valence-electron chi connectivity index (χ3n) is 4.62. The molecule has 3 aromatic rings. The molecule has 1 atom stereocenters. The van der Waals surface area contributed by atoms with Gasteiger partial charge in [-0.05, 0) is 30.3 Å². The van der Waals surface area contributed by atoms with Crippen molar-refractivity contribution in [1.29, 1.82) is 0 Å². The lowest BCUT2D eigenvalue weighted by molar-refractivity contribution is -0.116. The van der Waals surface area contributed by atoms with Crippen molar-refractivity contribution in [2.24, 2.45) is 0 Å². The van der Waals surface area contributed by atoms with Crippen molar-refractivity contribution in [2.45, 2.75) is 11.8 Å². The number of aromatic amines is 1. The molecule has 136 valence electrons. The number of nitrogens with one attached hydrogen (secondary N) is 2. The summed E-state index contributed by atoms with van der Waals surface area (Å²) in [5.74, 6) is 3.55. The molecule has 1 aliphatic heterocycles. The topological polar surface area (TPSA) is 61.0 Å². The molecule has 0 aliphatic carbocycles. The second-order valence-electron chi connectivity index (χ2n) is 6.50. The zero-order valence-electron chi connectivity index (χ0n) is 14.8. The highest BCUT2D eigenvalue weighted by Crippen LogP contribution is 2.23. The average Bonchev–Trinajstić information content (AvgIpc) is 3.11. The van der Waals surface area contributed by atoms with Gasteiger partial charge in [0.15, 0.2) is 0 Å². The molecule has 0 radical (unpaired) electrons. The number of hydrogen-bond donors (Lipinski definition) is 2. The maximum Gasteiger partial charge on any atom is 0.238 e. The summed E-state index contributed by atoms with van der Waals surface area (Å²) in [7, 11) is 0. The van der Waals surface area contributed by atoms with Crippen molar-refractivity contribution >= 4 is 34.4 Å². The number of nitrogens with zero attached hydrogens (tertiary/aromatic N) is 2. The maximum absolute atomic E-state index is 12.7. The van der Waals surface area contributed by atoms with Crippen LogP contribution in [-0.4, -0.2) is 44.9 Å². The van der Waals surface area contributed by atoms with Gasteiger partial charge in [0.2, 0.25) is 5.91 Å². The molecule has 0 bridgehead atoms. The van der Waals surface area contributed by atoms with E-state index in [9.17, 15) is 4.79 Å². The highest BCUT2D eigenvalue weighted by atomic mass is 32.2. The summed E-state index contributed by atoms with van der Waals surface area (Å²) in [5, 5.41) is 2.87. The van der Waals surface area contributed by atoms with Gasteiger partial charge in [0, 0.05) is 42.8 Å². The van der Waals surface area contributed by atoms with E-state index in [0.717, 1.165) is 35.6 Å². The molecule has 0 saturated carbocycles. The number of aromatic nitrogens is 2. The molecule has 4 rings (SSSR count). The van der Waals surface area contributed by atoms with Gasteiger partial charge < -0.3 is 10.3 Å². The van der Waals surface area contributed by atoms with E-state index < -0.39 is 0 Å². The first-order valence-electron chi connectivity index (χ1n) is 8.86. The van der Waals surface area contributed by atoms with Crippen LogP contribution in [0.25, 0.3) is 11.0 Å². The Labute approximate surface area is 162 Å². The molecule has 27 heavy (non-hydrogen) atoms. The Morgan fingerprint density at radius 2 is 2.26 bits per heavy atom. The molecule has 2 N–H and O–H groups in total. The number of benzene rings is 1. The van der Waals surface area contributed by atoms with Crippen LogP contribution in [0.1, 0.15) is 11.3 Å². The minimum atomic E-state index is -0.118. The van der Waals surface area contributed by atoms with Crippen LogP contribution in [0.15, 0.2) is 48.7 Å². The largest absolute Gasteiger partial charge is 0.356 e. The van der Waals surface area contributed by atoms with Gasteiger partial charge in [0.1, 0.15) is 0 Å². The van der Waals surface area contributed by atoms with Crippen LogP contribution >= 0.6 is 11.8 Å². The number of para-hydroxylation sites is 1. The number of pyridine rings is 1. The first-order chi connectivity index (χ1) is 13.2. The molecule has 1 saturated heterocycles. The monoisotopic (exact) mass is 376 g/mol. The van der Waals surface area contributed by atoms with E-state index in [1.54, 1.807) is 18.0 Å². The third kappa shape index (κ3) is 4.00. The number of amides is 1. The van der Waals surface area contributed by atoms with Crippen LogP contribution in [-0.2, 0) is 11.3 Å². The predicted octanol–water partition coefficient (Wildman–Crippen LogP) is 3.10. The summed E-state index contributed by atoms with van der Waals surface area (Å²) in [6, 6.07) is 13.5. The Kier molecular flexibility index (Phi) is 5.14. The molecule has 2 aromatic heterocycles. The maximum atomic E-state index is 12.7. The molecule has 1 unspecified atom stereocenters. The normalized spacial score (nSPS) is 17.5. The molecular formula is C21H20N4OS. The second-order valence-corrected chi connectivity index (χ2v) is 7.82. The molecule has 5 nitrogen and oxygen atoms in total. The summed E-state index contributed by atoms with van der Waals surface area (Å²) in [4.78, 5) is 22.8. The van der Waals surface area contributed by atoms with E-state index in [2.05, 4.69) is 32.2 Å². The first kappa shape index (κ1) is 17.7. The molecule has 1 amide bonds. The zero-order valence-corrected chi connectivity index (χ0v) is 15.6. The highest BCUT2D eigenvalue weighted by molar-refractivity contribution is 8.00. The summed E-state index contributed by atoms with van der Waals surface area (Å²) in [5.41, 5.74) is 4.53. The van der Waals surface area contributed by atoms with Gasteiger partial charge in [-0.15, -0.1) is 18.2 Å². The number of H-pyrrole nitrogens is 1. The van der Waals surface area contributed by atoms with Gasteiger partial charge in [0.05, 0.1) is 22.0 Å². The van der Waals surface area contributed by atoms with Crippen molar-refractivity contribution in [1.82, 2.24) is 14.9 Å². The van der Waals surface area contributed by atoms with Gasteiger partial charge in [-0.2, -0.15) is 0 Å². The number of terminal acetylenes is 1. The summed E-state index contributed by atoms with van der Waals surface area (Å²) < 4.78 is 0. The number of hydrogen-bond acceptors (Lipinski definition) is 4. The Hall–Kier alpha value is -2.75. The quantitative estimate of drug-likeness (QED) is 0.687. The van der Waals surface area contributed by atoms with Gasteiger partial charge in [0.25, 0.3) is 0 Å². The van der Waals surface area contributed by atoms with Crippen LogP contribution in [0, 0.1) is 12.3 Å². The number of rotatable bonds is 4. The van der Waals surface area contributed by atoms with Crippen LogP contribution in [0.2, 0.25) is 0 Å². The van der Waals surface area contributed by atoms with E-state index in [1.807, 2.05) is 36.4 Å². The lowest BCUT2D eigenvalue weighted by Crippen LogP contribution is -2.43. The summed E-state index contributed by atoms with van der Waals surface area (Å²) in [6.45, 7) is 2.44. The third-order valence-corrected chi connectivity index (χ3v) is 5.81. The van der Waals surface area contributed by atoms with Crippen molar-refractivity contribution in [3.8, 4) is 12.3 Å². The van der Waals surface area contributed by atoms with E-state index in [-0.39, 0.29) is 11.2 Å². The van der Waals surface area contributed by atoms with E-state index in [0.29, 0.717) is 17.8 Å². The molecule has 1 aliphatic rings. The fourth-order valence-corrected chi connectivity index (χ4v) is 4.45. The van der Waals surface area contributed by atoms with Crippen molar-refractivity contribution in [3.05, 3.63) is 59.9 Å². The second kappa shape index (κ2) is 7.87. The lowest BCUT2D eigenvalue weighted by atomic mass is 10.2. The summed E-state index contributed by atoms with van der Waals surface area (Å²) >= 11 is 1.70. The fourth-order valence-electron chi connectivity index (χ4n) is 3.27. The SMILES string of the molecule is C#Cc1ccccc1NC(=O)C1CN(Cc2cc3ncccc3[nH]2)CCS1. The van der Waals surface area contributed by atoms with E-state index >= 15 is 0 Å². The fraction of sp³-hybridized carbons (Fsp3) is 0.238. The Balaban J connectivity index is 1.41. The van der Waals surface area contributed by atoms with Crippen LogP contribution in [0.3, 0.4) is 0 Å². The zero-order chi connectivity index (χ0) is 18.6. The lowest BCUT2D eigenvalue weighted by Gasteiger charge is -2.31. The number of carbonyl (C=O) groups excluding carboxylic acids is 1. The number of fused-ring (bicyclic) bond motifs is 1. The van der Waals surface area contributed by atoms with Crippen molar-refractivity contribution in [3.63, 3.8) is 0 Å². The summed E-state index contributed by atoms with van der Waals surface area (Å²) in [6.07, 6.45) is 7.32. The first-order valence-corrected chi connectivity index (χ1v) is 9.91. The molecule has 6 heteroatoms. The molecule has 1 fully saturated rings. The van der Waals surface area contributed by atoms with Gasteiger partial charge in [-0.3, -0.25) is 14.7 Å². The molecule has 3 heterocycles.